The zero-order chi connectivity index (χ0) is 13.0. The highest BCUT2D eigenvalue weighted by Crippen LogP contribution is 2.15. The van der Waals surface area contributed by atoms with Crippen LogP contribution in [-0.4, -0.2) is 48.0 Å². The number of hydrogen-bond acceptors (Lipinski definition) is 5. The molecule has 5 nitrogen and oxygen atoms in total. The lowest BCUT2D eigenvalue weighted by Crippen LogP contribution is -2.51. The van der Waals surface area contributed by atoms with Crippen LogP contribution in [0.1, 0.15) is 19.8 Å². The lowest BCUT2D eigenvalue weighted by molar-refractivity contribution is -0.121. The number of anilines is 1. The zero-order valence-corrected chi connectivity index (χ0v) is 14.1. The number of amides is 1. The zero-order valence-electron chi connectivity index (χ0n) is 11.7. The van der Waals surface area contributed by atoms with Crippen LogP contribution in [0.25, 0.3) is 0 Å². The van der Waals surface area contributed by atoms with Crippen molar-refractivity contribution in [3.05, 3.63) is 11.6 Å². The van der Waals surface area contributed by atoms with E-state index in [0.717, 1.165) is 19.5 Å². The number of nitrogens with zero attached hydrogens (tertiary/aromatic N) is 2. The van der Waals surface area contributed by atoms with E-state index in [1.165, 1.54) is 17.8 Å². The maximum absolute atomic E-state index is 12.1. The van der Waals surface area contributed by atoms with Gasteiger partial charge in [-0.05, 0) is 33.4 Å². The monoisotopic (exact) mass is 340 g/mol. The van der Waals surface area contributed by atoms with E-state index in [2.05, 4.69) is 20.5 Å². The number of carbonyl (C=O) groups is 1. The largest absolute Gasteiger partial charge is 0.316 e. The van der Waals surface area contributed by atoms with Gasteiger partial charge in [-0.1, -0.05) is 0 Å². The van der Waals surface area contributed by atoms with Gasteiger partial charge in [0.25, 0.3) is 0 Å². The normalized spacial score (nSPS) is 20.4. The molecule has 2 rings (SSSR count). The van der Waals surface area contributed by atoms with Crippen LogP contribution < -0.4 is 10.6 Å². The minimum atomic E-state index is -0.106. The van der Waals surface area contributed by atoms with E-state index >= 15 is 0 Å². The summed E-state index contributed by atoms with van der Waals surface area (Å²) in [5.41, 5.74) is 0. The Morgan fingerprint density at radius 1 is 1.55 bits per heavy atom. The van der Waals surface area contributed by atoms with Crippen molar-refractivity contribution >= 4 is 47.2 Å². The Morgan fingerprint density at radius 3 is 2.90 bits per heavy atom. The molecule has 8 heteroatoms. The number of thiazole rings is 1. The van der Waals surface area contributed by atoms with E-state index in [-0.39, 0.29) is 36.8 Å². The average Bonchev–Trinajstić information content (AvgIpc) is 2.90. The summed E-state index contributed by atoms with van der Waals surface area (Å²) in [6.07, 6.45) is 4.02. The minimum absolute atomic E-state index is 0. The second-order valence-electron chi connectivity index (χ2n) is 4.63. The molecule has 1 aromatic heterocycles. The Bertz CT molecular complexity index is 391. The number of likely N-dealkylation sites (N-methyl/N-ethyl adjacent to an activating group) is 1. The van der Waals surface area contributed by atoms with Crippen molar-refractivity contribution in [1.29, 1.82) is 0 Å². The van der Waals surface area contributed by atoms with Gasteiger partial charge in [-0.15, -0.1) is 36.2 Å². The van der Waals surface area contributed by atoms with Gasteiger partial charge in [-0.25, -0.2) is 4.98 Å². The third kappa shape index (κ3) is 5.18. The Hall–Kier alpha value is -0.400. The average molecular weight is 341 g/mol. The summed E-state index contributed by atoms with van der Waals surface area (Å²) >= 11 is 1.45. The summed E-state index contributed by atoms with van der Waals surface area (Å²) in [5, 5.41) is 8.68. The molecule has 1 aliphatic heterocycles. The molecule has 1 amide bonds. The fraction of sp³-hybridized carbons (Fsp3) is 0.667. The van der Waals surface area contributed by atoms with E-state index in [9.17, 15) is 4.79 Å². The quantitative estimate of drug-likeness (QED) is 0.880. The van der Waals surface area contributed by atoms with E-state index < -0.39 is 0 Å². The number of rotatable bonds is 4. The van der Waals surface area contributed by atoms with Gasteiger partial charge in [-0.2, -0.15) is 0 Å². The van der Waals surface area contributed by atoms with Gasteiger partial charge in [0, 0.05) is 24.2 Å². The number of piperidine rings is 1. The molecule has 0 aliphatic carbocycles. The van der Waals surface area contributed by atoms with Crippen molar-refractivity contribution in [3.63, 3.8) is 0 Å². The standard InChI is InChI=1S/C12H20N4OS.2ClH/c1-9(11(17)15-12-14-5-7-18-12)16-6-3-4-10(8-16)13-2;;/h5,7,9-10,13H,3-4,6,8H2,1-2H3,(H,14,15,17);2*1H. The second kappa shape index (κ2) is 9.52. The van der Waals surface area contributed by atoms with E-state index in [4.69, 9.17) is 0 Å². The molecule has 2 N–H and O–H groups in total. The smallest absolute Gasteiger partial charge is 0.243 e. The lowest BCUT2D eigenvalue weighted by Gasteiger charge is -2.35. The summed E-state index contributed by atoms with van der Waals surface area (Å²) < 4.78 is 0. The highest BCUT2D eigenvalue weighted by atomic mass is 35.5. The summed E-state index contributed by atoms with van der Waals surface area (Å²) in [7, 11) is 1.98. The van der Waals surface area contributed by atoms with Crippen LogP contribution in [0, 0.1) is 0 Å². The first-order chi connectivity index (χ1) is 8.70. The number of likely N-dealkylation sites (tertiary alicyclic amines) is 1. The predicted octanol–water partition coefficient (Wildman–Crippen LogP) is 2.00. The van der Waals surface area contributed by atoms with Crippen molar-refractivity contribution < 1.29 is 4.79 Å². The molecule has 1 aromatic rings. The van der Waals surface area contributed by atoms with E-state index in [1.807, 2.05) is 19.4 Å². The predicted molar refractivity (Wildman–Crippen MR) is 88.4 cm³/mol. The number of aromatic nitrogens is 1. The van der Waals surface area contributed by atoms with Crippen LogP contribution in [-0.2, 0) is 4.79 Å². The van der Waals surface area contributed by atoms with Crippen molar-refractivity contribution in [2.24, 2.45) is 0 Å². The molecule has 2 heterocycles. The van der Waals surface area contributed by atoms with Crippen LogP contribution in [0.3, 0.4) is 0 Å². The molecule has 1 fully saturated rings. The summed E-state index contributed by atoms with van der Waals surface area (Å²) in [6, 6.07) is 0.388. The lowest BCUT2D eigenvalue weighted by atomic mass is 10.0. The molecule has 1 saturated heterocycles. The topological polar surface area (TPSA) is 57.3 Å². The van der Waals surface area contributed by atoms with Gasteiger partial charge in [0.05, 0.1) is 6.04 Å². The number of carbonyl (C=O) groups excluding carboxylic acids is 1. The summed E-state index contributed by atoms with van der Waals surface area (Å²) in [5.74, 6) is 0.0294. The highest BCUT2D eigenvalue weighted by molar-refractivity contribution is 7.13. The van der Waals surface area contributed by atoms with Gasteiger partial charge in [0.15, 0.2) is 5.13 Å². The Morgan fingerprint density at radius 2 is 2.30 bits per heavy atom. The first kappa shape index (κ1) is 19.6. The van der Waals surface area contributed by atoms with Crippen molar-refractivity contribution in [2.45, 2.75) is 31.8 Å². The second-order valence-corrected chi connectivity index (χ2v) is 5.52. The van der Waals surface area contributed by atoms with Crippen molar-refractivity contribution in [2.75, 3.05) is 25.5 Å². The number of hydrogen-bond donors (Lipinski definition) is 2. The molecule has 0 saturated carbocycles. The van der Waals surface area contributed by atoms with Crippen LogP contribution in [0.2, 0.25) is 0 Å². The number of halogens is 2. The molecular weight excluding hydrogens is 319 g/mol. The van der Waals surface area contributed by atoms with Crippen LogP contribution >= 0.6 is 36.2 Å². The molecule has 20 heavy (non-hydrogen) atoms. The first-order valence-corrected chi connectivity index (χ1v) is 7.20. The molecule has 2 atom stereocenters. The van der Waals surface area contributed by atoms with Crippen molar-refractivity contribution in [1.82, 2.24) is 15.2 Å². The molecule has 116 valence electrons. The fourth-order valence-corrected chi connectivity index (χ4v) is 2.79. The third-order valence-corrected chi connectivity index (χ3v) is 4.14. The Balaban J connectivity index is 0.00000180. The Kier molecular flexibility index (Phi) is 9.33. The molecule has 2 unspecified atom stereocenters. The first-order valence-electron chi connectivity index (χ1n) is 6.32. The van der Waals surface area contributed by atoms with Crippen LogP contribution in [0.5, 0.6) is 0 Å². The van der Waals surface area contributed by atoms with Gasteiger partial charge in [0.2, 0.25) is 5.91 Å². The van der Waals surface area contributed by atoms with Crippen LogP contribution in [0.4, 0.5) is 5.13 Å². The molecule has 1 aliphatic rings. The van der Waals surface area contributed by atoms with Gasteiger partial charge in [0.1, 0.15) is 0 Å². The fourth-order valence-electron chi connectivity index (χ4n) is 2.25. The Labute approximate surface area is 136 Å². The maximum atomic E-state index is 12.1. The molecule has 0 bridgehead atoms. The minimum Gasteiger partial charge on any atom is -0.316 e. The van der Waals surface area contributed by atoms with Gasteiger partial charge >= 0.3 is 0 Å². The van der Waals surface area contributed by atoms with Gasteiger partial charge < -0.3 is 10.6 Å². The maximum Gasteiger partial charge on any atom is 0.243 e. The van der Waals surface area contributed by atoms with Crippen LogP contribution in [0.15, 0.2) is 11.6 Å². The summed E-state index contributed by atoms with van der Waals surface area (Å²) in [6.45, 7) is 3.88. The molecule has 0 aromatic carbocycles. The van der Waals surface area contributed by atoms with Gasteiger partial charge in [-0.3, -0.25) is 9.69 Å². The third-order valence-electron chi connectivity index (χ3n) is 3.45. The molecule has 0 radical (unpaired) electrons. The number of nitrogens with one attached hydrogen (secondary N) is 2. The van der Waals surface area contributed by atoms with Crippen molar-refractivity contribution in [3.8, 4) is 0 Å². The van der Waals surface area contributed by atoms with E-state index in [1.54, 1.807) is 6.20 Å². The SMILES string of the molecule is CNC1CCCN(C(C)C(=O)Nc2nccs2)C1.Cl.Cl. The molecule has 0 spiro atoms. The van der Waals surface area contributed by atoms with E-state index in [0.29, 0.717) is 11.2 Å². The molecular formula is C12H22Cl2N4OS. The highest BCUT2D eigenvalue weighted by Gasteiger charge is 2.26. The summed E-state index contributed by atoms with van der Waals surface area (Å²) in [4.78, 5) is 18.4.